The average molecular weight is 617 g/mol. The van der Waals surface area contributed by atoms with Crippen LogP contribution in [0.1, 0.15) is 57.8 Å². The molecule has 2 N–H and O–H groups in total. The molecular weight excluding hydrogens is 577 g/mol. The zero-order valence-corrected chi connectivity index (χ0v) is 25.4. The van der Waals surface area contributed by atoms with E-state index >= 15 is 0 Å². The van der Waals surface area contributed by atoms with Gasteiger partial charge in [0.25, 0.3) is 0 Å². The minimum absolute atomic E-state index is 0.154. The van der Waals surface area contributed by atoms with Gasteiger partial charge in [0, 0.05) is 0 Å². The number of carbonyl (C=O) groups is 3. The topological polar surface area (TPSA) is 114 Å². The van der Waals surface area contributed by atoms with Gasteiger partial charge < -0.3 is 0 Å². The van der Waals surface area contributed by atoms with Gasteiger partial charge >= 0.3 is 220 Å². The van der Waals surface area contributed by atoms with Crippen LogP contribution in [0.15, 0.2) is 54.6 Å². The number of rotatable bonds is 4. The molecule has 1 saturated heterocycles. The van der Waals surface area contributed by atoms with Crippen LogP contribution in [0.4, 0.5) is 4.79 Å². The molecule has 2 bridgehead atoms. The first-order chi connectivity index (χ1) is 19.0. The van der Waals surface area contributed by atoms with Crippen molar-refractivity contribution < 1.29 is 27.7 Å². The summed E-state index contributed by atoms with van der Waals surface area (Å²) < 4.78 is 26.3. The van der Waals surface area contributed by atoms with Crippen LogP contribution in [0, 0.1) is 5.92 Å². The second-order valence-corrected chi connectivity index (χ2v) is 14.8. The maximum absolute atomic E-state index is 13.8. The molecule has 1 fully saturated rings. The molecule has 0 aromatic heterocycles. The van der Waals surface area contributed by atoms with Crippen molar-refractivity contribution in [3.8, 4) is 5.75 Å². The Morgan fingerprint density at radius 2 is 1.77 bits per heavy atom. The molecule has 216 valence electrons. The van der Waals surface area contributed by atoms with E-state index in [4.69, 9.17) is 9.47 Å². The molecule has 3 heterocycles. The standard InChI is InChI=1S/C30H39N3O6Se/c1-6-19(2)25-27(34)31-18-24(40(37)22-10-8-7-9-11-22)20-12-14-21(15-13-20)38-23-16-17-33(26(23)28(35)32-25)29(36)39-30(3,4)5/h7-15,19,23-26H,6,16-18H2,1-5H3,(H,31,34)(H,32,35)/t19?,23-,24-,25-,26-,40?/m0/s1. The molecule has 10 heteroatoms. The summed E-state index contributed by atoms with van der Waals surface area (Å²) in [4.78, 5) is 41.3. The van der Waals surface area contributed by atoms with Crippen LogP contribution < -0.4 is 19.8 Å². The summed E-state index contributed by atoms with van der Waals surface area (Å²) in [7, 11) is 0. The van der Waals surface area contributed by atoms with Gasteiger partial charge in [0.05, 0.1) is 0 Å². The average Bonchev–Trinajstić information content (AvgIpc) is 3.35. The first-order valence-corrected chi connectivity index (χ1v) is 16.3. The number of benzene rings is 2. The molecule has 5 rings (SSSR count). The van der Waals surface area contributed by atoms with Gasteiger partial charge in [-0.15, -0.1) is 0 Å². The maximum atomic E-state index is 13.8. The number of nitrogens with one attached hydrogen (secondary N) is 2. The van der Waals surface area contributed by atoms with Crippen molar-refractivity contribution in [3.63, 3.8) is 0 Å². The molecule has 2 aromatic rings. The summed E-state index contributed by atoms with van der Waals surface area (Å²) in [5.41, 5.74) is 0.0953. The molecule has 2 unspecified atom stereocenters. The fraction of sp³-hybridized carbons (Fsp3) is 0.500. The Kier molecular flexibility index (Phi) is 9.31. The predicted molar refractivity (Wildman–Crippen MR) is 152 cm³/mol. The summed E-state index contributed by atoms with van der Waals surface area (Å²) in [5, 5.41) is 5.88. The number of nitrogens with zero attached hydrogens (tertiary/aromatic N) is 1. The minimum atomic E-state index is -2.61. The molecule has 9 nitrogen and oxygen atoms in total. The van der Waals surface area contributed by atoms with E-state index < -0.39 is 54.4 Å². The summed E-state index contributed by atoms with van der Waals surface area (Å²) in [6, 6.07) is 14.8. The van der Waals surface area contributed by atoms with Crippen LogP contribution in [0.2, 0.25) is 0 Å². The van der Waals surface area contributed by atoms with E-state index in [9.17, 15) is 18.2 Å². The molecule has 0 saturated carbocycles. The molecule has 0 spiro atoms. The summed E-state index contributed by atoms with van der Waals surface area (Å²) in [6.07, 6.45) is -0.173. The number of carbonyl (C=O) groups excluding carboxylic acids is 3. The first-order valence-electron chi connectivity index (χ1n) is 13.8. The van der Waals surface area contributed by atoms with Crippen molar-refractivity contribution in [2.75, 3.05) is 13.1 Å². The van der Waals surface area contributed by atoms with Crippen LogP contribution in [-0.2, 0) is 18.2 Å². The van der Waals surface area contributed by atoms with Crippen LogP contribution in [0.5, 0.6) is 5.75 Å². The number of hydrogen-bond donors (Lipinski definition) is 2. The number of likely N-dealkylation sites (tertiary alicyclic amines) is 1. The van der Waals surface area contributed by atoms with Crippen molar-refractivity contribution in [1.82, 2.24) is 15.5 Å². The predicted octanol–water partition coefficient (Wildman–Crippen LogP) is 3.06. The molecule has 0 aliphatic carbocycles. The Bertz CT molecular complexity index is 1230. The molecular formula is C30H39N3O6Se. The monoisotopic (exact) mass is 617 g/mol. The van der Waals surface area contributed by atoms with E-state index in [1.54, 1.807) is 32.9 Å². The molecule has 3 aliphatic rings. The third kappa shape index (κ3) is 6.91. The van der Waals surface area contributed by atoms with Crippen LogP contribution in [0.3, 0.4) is 0 Å². The van der Waals surface area contributed by atoms with Crippen LogP contribution in [0.25, 0.3) is 0 Å². The SMILES string of the molecule is CCC(C)[C@@H]1NC(=O)[C@@H]2[C@H](CCN2C(=O)OC(C)(C)C)Oc2ccc(cc2)[C@@H]([Se](=O)c2ccccc2)CNC1=O. The number of fused-ring (bicyclic) bond motifs is 8. The van der Waals surface area contributed by atoms with E-state index in [0.29, 0.717) is 18.6 Å². The van der Waals surface area contributed by atoms with Gasteiger partial charge in [0.1, 0.15) is 0 Å². The fourth-order valence-electron chi connectivity index (χ4n) is 4.94. The zero-order chi connectivity index (χ0) is 29.0. The van der Waals surface area contributed by atoms with Crippen molar-refractivity contribution in [2.45, 2.75) is 76.1 Å². The van der Waals surface area contributed by atoms with Gasteiger partial charge in [-0.3, -0.25) is 0 Å². The summed E-state index contributed by atoms with van der Waals surface area (Å²) >= 11 is -2.61. The van der Waals surface area contributed by atoms with Gasteiger partial charge in [-0.25, -0.2) is 0 Å². The zero-order valence-electron chi connectivity index (χ0n) is 23.7. The summed E-state index contributed by atoms with van der Waals surface area (Å²) in [6.45, 7) is 9.59. The first kappa shape index (κ1) is 29.7. The Labute approximate surface area is 240 Å². The fourth-order valence-corrected chi connectivity index (χ4v) is 7.86. The Balaban J connectivity index is 1.71. The number of hydrogen-bond acceptors (Lipinski definition) is 6. The molecule has 40 heavy (non-hydrogen) atoms. The molecule has 3 aliphatic heterocycles. The molecule has 6 atom stereocenters. The van der Waals surface area contributed by atoms with Crippen LogP contribution in [-0.4, -0.2) is 73.5 Å². The van der Waals surface area contributed by atoms with Gasteiger partial charge in [-0.05, 0) is 20.8 Å². The van der Waals surface area contributed by atoms with E-state index in [1.165, 1.54) is 4.90 Å². The normalized spacial score (nSPS) is 25.1. The van der Waals surface area contributed by atoms with E-state index in [1.807, 2.05) is 56.3 Å². The quantitative estimate of drug-likeness (QED) is 0.511. The van der Waals surface area contributed by atoms with Crippen molar-refractivity contribution >= 4 is 36.2 Å². The van der Waals surface area contributed by atoms with Crippen molar-refractivity contribution in [2.24, 2.45) is 5.92 Å². The van der Waals surface area contributed by atoms with Gasteiger partial charge in [0.15, 0.2) is 0 Å². The molecule has 2 aromatic carbocycles. The molecule has 0 radical (unpaired) electrons. The van der Waals surface area contributed by atoms with Crippen molar-refractivity contribution in [1.29, 1.82) is 0 Å². The van der Waals surface area contributed by atoms with E-state index in [2.05, 4.69) is 10.6 Å². The second kappa shape index (κ2) is 12.5. The number of amides is 3. The van der Waals surface area contributed by atoms with Gasteiger partial charge in [-0.1, -0.05) is 0 Å². The van der Waals surface area contributed by atoms with Gasteiger partial charge in [-0.2, -0.15) is 0 Å². The van der Waals surface area contributed by atoms with Crippen LogP contribution >= 0.6 is 0 Å². The third-order valence-electron chi connectivity index (χ3n) is 7.27. The second-order valence-electron chi connectivity index (χ2n) is 11.3. The van der Waals surface area contributed by atoms with Crippen molar-refractivity contribution in [3.05, 3.63) is 60.2 Å². The Morgan fingerprint density at radius 3 is 2.40 bits per heavy atom. The number of ether oxygens (including phenoxy) is 2. The van der Waals surface area contributed by atoms with Gasteiger partial charge in [0.2, 0.25) is 0 Å². The third-order valence-corrected chi connectivity index (χ3v) is 10.8. The Hall–Kier alpha value is -3.23. The molecule has 3 amide bonds. The summed E-state index contributed by atoms with van der Waals surface area (Å²) in [5.74, 6) is -0.471. The Morgan fingerprint density at radius 1 is 1.10 bits per heavy atom. The van der Waals surface area contributed by atoms with E-state index in [0.717, 1.165) is 10.0 Å². The van der Waals surface area contributed by atoms with E-state index in [-0.39, 0.29) is 24.9 Å².